The van der Waals surface area contributed by atoms with E-state index in [1.54, 1.807) is 11.1 Å². The van der Waals surface area contributed by atoms with Crippen LogP contribution in [0.15, 0.2) is 42.7 Å². The Morgan fingerprint density at radius 3 is 2.50 bits per heavy atom. The molecule has 2 aromatic rings. The van der Waals surface area contributed by atoms with Gasteiger partial charge in [-0.15, -0.1) is 0 Å². The van der Waals surface area contributed by atoms with Crippen molar-refractivity contribution in [3.63, 3.8) is 0 Å². The van der Waals surface area contributed by atoms with Gasteiger partial charge in [-0.2, -0.15) is 5.10 Å². The SMILES string of the molecule is O=C(Nc1ccc(Cn2cccn2)cc1)N1CCN(C(=O)C2CCCO2)CC1. The number of benzene rings is 1. The molecule has 3 amide bonds. The van der Waals surface area contributed by atoms with E-state index in [-0.39, 0.29) is 18.0 Å². The number of hydrogen-bond donors (Lipinski definition) is 1. The normalized spacial score (nSPS) is 19.6. The summed E-state index contributed by atoms with van der Waals surface area (Å²) in [6, 6.07) is 9.51. The maximum absolute atomic E-state index is 12.5. The molecule has 28 heavy (non-hydrogen) atoms. The summed E-state index contributed by atoms with van der Waals surface area (Å²) in [5, 5.41) is 7.12. The number of ether oxygens (including phenoxy) is 1. The minimum absolute atomic E-state index is 0.0605. The van der Waals surface area contributed by atoms with Gasteiger partial charge in [0.1, 0.15) is 6.10 Å². The monoisotopic (exact) mass is 383 g/mol. The van der Waals surface area contributed by atoms with E-state index >= 15 is 0 Å². The molecule has 1 atom stereocenters. The second-order valence-electron chi connectivity index (χ2n) is 7.14. The molecule has 8 nitrogen and oxygen atoms in total. The number of nitrogens with one attached hydrogen (secondary N) is 1. The minimum atomic E-state index is -0.291. The van der Waals surface area contributed by atoms with E-state index in [2.05, 4.69) is 10.4 Å². The lowest BCUT2D eigenvalue weighted by Gasteiger charge is -2.35. The van der Waals surface area contributed by atoms with Crippen molar-refractivity contribution in [1.82, 2.24) is 19.6 Å². The lowest BCUT2D eigenvalue weighted by Crippen LogP contribution is -2.53. The van der Waals surface area contributed by atoms with Crippen molar-refractivity contribution in [3.05, 3.63) is 48.3 Å². The van der Waals surface area contributed by atoms with Crippen molar-refractivity contribution in [3.8, 4) is 0 Å². The van der Waals surface area contributed by atoms with Crippen LogP contribution >= 0.6 is 0 Å². The molecular weight excluding hydrogens is 358 g/mol. The van der Waals surface area contributed by atoms with Crippen molar-refractivity contribution >= 4 is 17.6 Å². The van der Waals surface area contributed by atoms with E-state index in [9.17, 15) is 9.59 Å². The molecule has 1 aromatic carbocycles. The molecule has 0 aliphatic carbocycles. The quantitative estimate of drug-likeness (QED) is 0.873. The fourth-order valence-electron chi connectivity index (χ4n) is 3.58. The van der Waals surface area contributed by atoms with Gasteiger partial charge in [0.2, 0.25) is 0 Å². The first-order valence-electron chi connectivity index (χ1n) is 9.72. The van der Waals surface area contributed by atoms with Gasteiger partial charge in [0.05, 0.1) is 6.54 Å². The number of carbonyl (C=O) groups is 2. The first-order chi connectivity index (χ1) is 13.7. The second kappa shape index (κ2) is 8.43. The van der Waals surface area contributed by atoms with Gasteiger partial charge < -0.3 is 19.9 Å². The number of anilines is 1. The van der Waals surface area contributed by atoms with Crippen LogP contribution in [0, 0.1) is 0 Å². The summed E-state index contributed by atoms with van der Waals surface area (Å²) in [6.07, 6.45) is 5.12. The smallest absolute Gasteiger partial charge is 0.321 e. The maximum atomic E-state index is 12.5. The summed E-state index contributed by atoms with van der Waals surface area (Å²) in [6.45, 7) is 3.52. The minimum Gasteiger partial charge on any atom is -0.368 e. The molecule has 0 spiro atoms. The van der Waals surface area contributed by atoms with Crippen LogP contribution < -0.4 is 5.32 Å². The van der Waals surface area contributed by atoms with Crippen molar-refractivity contribution < 1.29 is 14.3 Å². The topological polar surface area (TPSA) is 79.7 Å². The molecule has 1 N–H and O–H groups in total. The molecule has 8 heteroatoms. The molecule has 1 aromatic heterocycles. The molecule has 3 heterocycles. The van der Waals surface area contributed by atoms with Crippen LogP contribution in [0.2, 0.25) is 0 Å². The summed E-state index contributed by atoms with van der Waals surface area (Å²) in [5.74, 6) is 0.0605. The Kier molecular flexibility index (Phi) is 5.57. The largest absolute Gasteiger partial charge is 0.368 e. The highest BCUT2D eigenvalue weighted by Gasteiger charge is 2.31. The fourth-order valence-corrected chi connectivity index (χ4v) is 3.58. The molecule has 1 unspecified atom stereocenters. The first kappa shape index (κ1) is 18.5. The molecule has 0 bridgehead atoms. The van der Waals surface area contributed by atoms with Crippen LogP contribution in [0.1, 0.15) is 18.4 Å². The third kappa shape index (κ3) is 4.33. The van der Waals surface area contributed by atoms with Crippen molar-refractivity contribution in [2.75, 3.05) is 38.1 Å². The lowest BCUT2D eigenvalue weighted by atomic mass is 10.2. The number of nitrogens with zero attached hydrogens (tertiary/aromatic N) is 4. The van der Waals surface area contributed by atoms with E-state index < -0.39 is 0 Å². The highest BCUT2D eigenvalue weighted by molar-refractivity contribution is 5.89. The Bertz CT molecular complexity index is 792. The van der Waals surface area contributed by atoms with Crippen LogP contribution in [0.4, 0.5) is 10.5 Å². The molecule has 2 fully saturated rings. The number of amides is 3. The molecule has 0 radical (unpaired) electrons. The molecule has 0 saturated carbocycles. The second-order valence-corrected chi connectivity index (χ2v) is 7.14. The molecule has 2 aliphatic heterocycles. The van der Waals surface area contributed by atoms with E-state index in [0.717, 1.165) is 24.1 Å². The third-order valence-corrected chi connectivity index (χ3v) is 5.19. The Morgan fingerprint density at radius 1 is 1.11 bits per heavy atom. The van der Waals surface area contributed by atoms with Crippen molar-refractivity contribution in [1.29, 1.82) is 0 Å². The van der Waals surface area contributed by atoms with Crippen LogP contribution in [0.25, 0.3) is 0 Å². The van der Waals surface area contributed by atoms with Gasteiger partial charge in [0.15, 0.2) is 0 Å². The number of hydrogen-bond acceptors (Lipinski definition) is 4. The van der Waals surface area contributed by atoms with E-state index in [4.69, 9.17) is 4.74 Å². The van der Waals surface area contributed by atoms with E-state index in [1.165, 1.54) is 0 Å². The molecular formula is C20H25N5O3. The van der Waals surface area contributed by atoms with Gasteiger partial charge in [-0.1, -0.05) is 12.1 Å². The zero-order valence-corrected chi connectivity index (χ0v) is 15.8. The van der Waals surface area contributed by atoms with Gasteiger partial charge >= 0.3 is 6.03 Å². The van der Waals surface area contributed by atoms with Crippen molar-refractivity contribution in [2.24, 2.45) is 0 Å². The Balaban J connectivity index is 1.25. The van der Waals surface area contributed by atoms with Gasteiger partial charge in [-0.3, -0.25) is 9.48 Å². The number of piperazine rings is 1. The zero-order chi connectivity index (χ0) is 19.3. The Labute approximate surface area is 164 Å². The summed E-state index contributed by atoms with van der Waals surface area (Å²) in [4.78, 5) is 28.5. The highest BCUT2D eigenvalue weighted by atomic mass is 16.5. The van der Waals surface area contributed by atoms with Crippen LogP contribution in [-0.4, -0.2) is 70.4 Å². The fraction of sp³-hybridized carbons (Fsp3) is 0.450. The van der Waals surface area contributed by atoms with E-state index in [1.807, 2.05) is 46.1 Å². The third-order valence-electron chi connectivity index (χ3n) is 5.19. The van der Waals surface area contributed by atoms with Gasteiger partial charge in [-0.25, -0.2) is 4.79 Å². The van der Waals surface area contributed by atoms with E-state index in [0.29, 0.717) is 39.3 Å². The van der Waals surface area contributed by atoms with Crippen LogP contribution in [0.3, 0.4) is 0 Å². The highest BCUT2D eigenvalue weighted by Crippen LogP contribution is 2.17. The van der Waals surface area contributed by atoms with Crippen LogP contribution in [0.5, 0.6) is 0 Å². The predicted molar refractivity (Wildman–Crippen MR) is 104 cm³/mol. The summed E-state index contributed by atoms with van der Waals surface area (Å²) >= 11 is 0. The molecule has 2 aliphatic rings. The van der Waals surface area contributed by atoms with Gasteiger partial charge in [-0.05, 0) is 36.6 Å². The number of carbonyl (C=O) groups excluding carboxylic acids is 2. The zero-order valence-electron chi connectivity index (χ0n) is 15.8. The number of aromatic nitrogens is 2. The molecule has 4 rings (SSSR count). The van der Waals surface area contributed by atoms with Crippen molar-refractivity contribution in [2.45, 2.75) is 25.5 Å². The standard InChI is InChI=1S/C20H25N5O3/c26-19(18-3-1-14-28-18)23-10-12-24(13-11-23)20(27)22-17-6-4-16(5-7-17)15-25-9-2-8-21-25/h2,4-9,18H,1,3,10-15H2,(H,22,27). The summed E-state index contributed by atoms with van der Waals surface area (Å²) < 4.78 is 7.33. The lowest BCUT2D eigenvalue weighted by molar-refractivity contribution is -0.142. The van der Waals surface area contributed by atoms with Gasteiger partial charge in [0.25, 0.3) is 5.91 Å². The van der Waals surface area contributed by atoms with Crippen LogP contribution in [-0.2, 0) is 16.1 Å². The average Bonchev–Trinajstić information content (AvgIpc) is 3.43. The molecule has 2 saturated heterocycles. The number of urea groups is 1. The summed E-state index contributed by atoms with van der Waals surface area (Å²) in [5.41, 5.74) is 1.87. The van der Waals surface area contributed by atoms with Gasteiger partial charge in [0, 0.05) is 50.9 Å². The summed E-state index contributed by atoms with van der Waals surface area (Å²) in [7, 11) is 0. The maximum Gasteiger partial charge on any atom is 0.321 e. The molecule has 148 valence electrons. The Morgan fingerprint density at radius 2 is 1.86 bits per heavy atom. The Hall–Kier alpha value is -2.87. The predicted octanol–water partition coefficient (Wildman–Crippen LogP) is 1.79. The number of rotatable bonds is 4. The first-order valence-corrected chi connectivity index (χ1v) is 9.72. The average molecular weight is 383 g/mol.